The molecule has 2 atom stereocenters. The fraction of sp³-hybridized carbons (Fsp3) is 0.375. The van der Waals surface area contributed by atoms with Crippen molar-refractivity contribution in [3.05, 3.63) is 87.3 Å². The van der Waals surface area contributed by atoms with Gasteiger partial charge in [-0.25, -0.2) is 4.79 Å². The number of carbonyl (C=O) groups is 2. The van der Waals surface area contributed by atoms with Crippen LogP contribution in [0.25, 0.3) is 10.8 Å². The molecule has 11 heteroatoms. The van der Waals surface area contributed by atoms with Crippen LogP contribution in [-0.2, 0) is 35.1 Å². The monoisotopic (exact) mass is 627 g/mol. The summed E-state index contributed by atoms with van der Waals surface area (Å²) in [5, 5.41) is 6.17. The van der Waals surface area contributed by atoms with E-state index in [0.29, 0.717) is 48.3 Å². The summed E-state index contributed by atoms with van der Waals surface area (Å²) >= 11 is 12.9. The van der Waals surface area contributed by atoms with Crippen LogP contribution in [0, 0.1) is 5.92 Å². The van der Waals surface area contributed by atoms with E-state index in [9.17, 15) is 9.59 Å². The van der Waals surface area contributed by atoms with Gasteiger partial charge in [-0.3, -0.25) is 14.8 Å². The molecule has 0 radical (unpaired) electrons. The Hall–Kier alpha value is -3.34. The smallest absolute Gasteiger partial charge is 0.336 e. The van der Waals surface area contributed by atoms with Gasteiger partial charge in [-0.2, -0.15) is 0 Å². The predicted molar refractivity (Wildman–Crippen MR) is 167 cm³/mol. The number of hydrogen-bond donors (Lipinski definition) is 1. The minimum Gasteiger partial charge on any atom is -0.468 e. The Morgan fingerprint density at radius 1 is 1.00 bits per heavy atom. The summed E-state index contributed by atoms with van der Waals surface area (Å²) < 4.78 is 22.0. The summed E-state index contributed by atoms with van der Waals surface area (Å²) in [7, 11) is 1.29. The third-order valence-electron chi connectivity index (χ3n) is 7.07. The maximum Gasteiger partial charge on any atom is 0.336 e. The quantitative estimate of drug-likeness (QED) is 0.184. The molecule has 9 nitrogen and oxygen atoms in total. The van der Waals surface area contributed by atoms with E-state index in [1.165, 1.54) is 7.11 Å². The van der Waals surface area contributed by atoms with Crippen molar-refractivity contribution in [3.8, 4) is 0 Å². The first-order chi connectivity index (χ1) is 20.9. The highest BCUT2D eigenvalue weighted by molar-refractivity contribution is 6.42. The van der Waals surface area contributed by atoms with Crippen molar-refractivity contribution in [2.24, 2.45) is 10.9 Å². The van der Waals surface area contributed by atoms with Crippen molar-refractivity contribution in [2.45, 2.75) is 26.3 Å². The van der Waals surface area contributed by atoms with E-state index in [2.05, 4.69) is 27.4 Å². The second-order valence-electron chi connectivity index (χ2n) is 9.78. The van der Waals surface area contributed by atoms with Crippen molar-refractivity contribution in [1.82, 2.24) is 10.3 Å². The number of aliphatic imine (C=N–C) groups is 1. The van der Waals surface area contributed by atoms with E-state index in [-0.39, 0.29) is 30.4 Å². The number of esters is 2. The summed E-state index contributed by atoms with van der Waals surface area (Å²) in [5.41, 5.74) is 2.47. The molecule has 0 saturated carbocycles. The van der Waals surface area contributed by atoms with E-state index in [4.69, 9.17) is 42.1 Å². The van der Waals surface area contributed by atoms with Gasteiger partial charge >= 0.3 is 11.9 Å². The van der Waals surface area contributed by atoms with Crippen molar-refractivity contribution in [2.75, 3.05) is 46.7 Å². The molecule has 2 aromatic carbocycles. The van der Waals surface area contributed by atoms with Crippen LogP contribution in [0.3, 0.4) is 0 Å². The molecule has 0 bridgehead atoms. The van der Waals surface area contributed by atoms with E-state index in [1.807, 2.05) is 24.4 Å². The van der Waals surface area contributed by atoms with Gasteiger partial charge in [-0.1, -0.05) is 59.6 Å². The lowest BCUT2D eigenvalue weighted by Gasteiger charge is -2.32. The maximum absolute atomic E-state index is 13.3. The van der Waals surface area contributed by atoms with Crippen LogP contribution in [0.4, 0.5) is 0 Å². The third kappa shape index (κ3) is 7.99. The Balaban J connectivity index is 1.38. The molecule has 2 heterocycles. The molecule has 2 unspecified atom stereocenters. The lowest BCUT2D eigenvalue weighted by Crippen LogP contribution is -2.37. The second-order valence-corrected chi connectivity index (χ2v) is 10.6. The molecule has 0 aliphatic carbocycles. The summed E-state index contributed by atoms with van der Waals surface area (Å²) in [6.45, 7) is 5.92. The van der Waals surface area contributed by atoms with Gasteiger partial charge in [-0.05, 0) is 36.9 Å². The molecule has 4 rings (SSSR count). The number of benzene rings is 2. The van der Waals surface area contributed by atoms with Crippen LogP contribution in [0.15, 0.2) is 71.0 Å². The number of nitrogens with one attached hydrogen (secondary N) is 1. The van der Waals surface area contributed by atoms with Gasteiger partial charge in [0.15, 0.2) is 0 Å². The summed E-state index contributed by atoms with van der Waals surface area (Å²) in [6.07, 6.45) is 1.81. The Bertz CT molecular complexity index is 1500. The standard InChI is InChI=1S/C32H35Cl2N3O6/c1-4-43-32(39)29-26(37-20(2)27(31(38)40-3)28(29)23-10-7-11-24(33)30(23)34)19-42-17-16-41-15-14-35-18-25-22-9-6-5-8-21(22)12-13-36-25/h5-13,27-28,35H,4,14-19H2,1-3H3. The Kier molecular flexibility index (Phi) is 12.1. The number of nitrogens with zero attached hydrogens (tertiary/aromatic N) is 2. The molecule has 0 saturated heterocycles. The SMILES string of the molecule is CCOC(=O)C1=C(COCCOCCNCc2nccc3ccccc23)N=C(C)C(C(=O)OC)C1c1cccc(Cl)c1Cl. The van der Waals surface area contributed by atoms with E-state index in [0.717, 1.165) is 16.5 Å². The van der Waals surface area contributed by atoms with Gasteiger partial charge in [0.1, 0.15) is 5.92 Å². The van der Waals surface area contributed by atoms with Gasteiger partial charge in [0, 0.05) is 36.3 Å². The van der Waals surface area contributed by atoms with Crippen molar-refractivity contribution in [3.63, 3.8) is 0 Å². The van der Waals surface area contributed by atoms with Gasteiger partial charge < -0.3 is 24.3 Å². The number of aromatic nitrogens is 1. The molecule has 1 aromatic heterocycles. The first-order valence-electron chi connectivity index (χ1n) is 14.0. The number of halogens is 2. The zero-order chi connectivity index (χ0) is 30.8. The number of ether oxygens (including phenoxy) is 4. The van der Waals surface area contributed by atoms with Crippen LogP contribution in [-0.4, -0.2) is 69.3 Å². The summed E-state index contributed by atoms with van der Waals surface area (Å²) in [6, 6.07) is 15.2. The molecule has 0 amide bonds. The topological polar surface area (TPSA) is 108 Å². The molecule has 0 fully saturated rings. The minimum absolute atomic E-state index is 0.00241. The number of carbonyl (C=O) groups excluding carboxylic acids is 2. The largest absolute Gasteiger partial charge is 0.468 e. The van der Waals surface area contributed by atoms with E-state index < -0.39 is 23.8 Å². The van der Waals surface area contributed by atoms with Crippen LogP contribution < -0.4 is 5.32 Å². The van der Waals surface area contributed by atoms with Crippen LogP contribution in [0.2, 0.25) is 10.0 Å². The molecule has 228 valence electrons. The molecule has 0 spiro atoms. The Morgan fingerprint density at radius 3 is 2.58 bits per heavy atom. The molecule has 43 heavy (non-hydrogen) atoms. The number of hydrogen-bond acceptors (Lipinski definition) is 9. The first kappa shape index (κ1) is 32.6. The predicted octanol–water partition coefficient (Wildman–Crippen LogP) is 5.53. The first-order valence-corrected chi connectivity index (χ1v) is 14.8. The molecule has 1 aliphatic heterocycles. The highest BCUT2D eigenvalue weighted by Crippen LogP contribution is 2.44. The summed E-state index contributed by atoms with van der Waals surface area (Å²) in [4.78, 5) is 35.3. The minimum atomic E-state index is -0.899. The maximum atomic E-state index is 13.3. The van der Waals surface area contributed by atoms with Crippen molar-refractivity contribution in [1.29, 1.82) is 0 Å². The molecular formula is C32H35Cl2N3O6. The van der Waals surface area contributed by atoms with E-state index >= 15 is 0 Å². The lowest BCUT2D eigenvalue weighted by molar-refractivity contribution is -0.144. The van der Waals surface area contributed by atoms with Gasteiger partial charge in [0.2, 0.25) is 0 Å². The van der Waals surface area contributed by atoms with Crippen LogP contribution in [0.5, 0.6) is 0 Å². The Morgan fingerprint density at radius 2 is 1.79 bits per heavy atom. The third-order valence-corrected chi connectivity index (χ3v) is 7.90. The highest BCUT2D eigenvalue weighted by atomic mass is 35.5. The molecule has 1 aliphatic rings. The summed E-state index contributed by atoms with van der Waals surface area (Å²) in [5.74, 6) is -2.89. The van der Waals surface area contributed by atoms with Gasteiger partial charge in [0.25, 0.3) is 0 Å². The normalized spacial score (nSPS) is 16.7. The number of rotatable bonds is 14. The fourth-order valence-corrected chi connectivity index (χ4v) is 5.51. The number of methoxy groups -OCH3 is 1. The van der Waals surface area contributed by atoms with Crippen molar-refractivity contribution >= 4 is 51.6 Å². The zero-order valence-corrected chi connectivity index (χ0v) is 25.9. The number of fused-ring (bicyclic) bond motifs is 1. The lowest BCUT2D eigenvalue weighted by atomic mass is 9.75. The van der Waals surface area contributed by atoms with Gasteiger partial charge in [0.05, 0.1) is 67.2 Å². The average molecular weight is 629 g/mol. The molecule has 3 aromatic rings. The van der Waals surface area contributed by atoms with Crippen molar-refractivity contribution < 1.29 is 28.5 Å². The highest BCUT2D eigenvalue weighted by Gasteiger charge is 2.44. The van der Waals surface area contributed by atoms with Gasteiger partial charge in [-0.15, -0.1) is 0 Å². The van der Waals surface area contributed by atoms with Crippen LogP contribution >= 0.6 is 23.2 Å². The Labute approximate surface area is 261 Å². The molecule has 1 N–H and O–H groups in total. The zero-order valence-electron chi connectivity index (χ0n) is 24.4. The fourth-order valence-electron chi connectivity index (χ4n) is 5.09. The molecular weight excluding hydrogens is 593 g/mol. The van der Waals surface area contributed by atoms with Crippen LogP contribution in [0.1, 0.15) is 31.0 Å². The van der Waals surface area contributed by atoms with E-state index in [1.54, 1.807) is 32.0 Å². The average Bonchev–Trinajstić information content (AvgIpc) is 3.01. The second kappa shape index (κ2) is 15.9. The number of pyridine rings is 1.